The molecule has 2 rings (SSSR count). The third-order valence-electron chi connectivity index (χ3n) is 3.68. The van der Waals surface area contributed by atoms with Crippen LogP contribution in [0.2, 0.25) is 0 Å². The molecule has 0 heterocycles. The van der Waals surface area contributed by atoms with Crippen molar-refractivity contribution >= 4 is 23.9 Å². The smallest absolute Gasteiger partial charge is 0.344 e. The number of aldehydes is 1. The van der Waals surface area contributed by atoms with E-state index >= 15 is 0 Å². The molecule has 1 N–H and O–H groups in total. The van der Waals surface area contributed by atoms with Crippen molar-refractivity contribution in [2.24, 2.45) is 0 Å². The van der Waals surface area contributed by atoms with Gasteiger partial charge in [0.1, 0.15) is 6.29 Å². The summed E-state index contributed by atoms with van der Waals surface area (Å²) in [4.78, 5) is 34.3. The summed E-state index contributed by atoms with van der Waals surface area (Å²) in [5.74, 6) is -0.533. The van der Waals surface area contributed by atoms with E-state index in [4.69, 9.17) is 14.2 Å². The highest BCUT2D eigenvalue weighted by molar-refractivity contribution is 5.92. The van der Waals surface area contributed by atoms with Crippen LogP contribution in [0.3, 0.4) is 0 Å². The first-order valence-corrected chi connectivity index (χ1v) is 8.36. The summed E-state index contributed by atoms with van der Waals surface area (Å²) in [5, 5.41) is 2.64. The van der Waals surface area contributed by atoms with Crippen LogP contribution in [0.1, 0.15) is 22.8 Å². The Morgan fingerprint density at radius 1 is 1.04 bits per heavy atom. The van der Waals surface area contributed by atoms with Gasteiger partial charge in [0.25, 0.3) is 5.91 Å². The van der Waals surface area contributed by atoms with E-state index in [1.54, 1.807) is 12.1 Å². The summed E-state index contributed by atoms with van der Waals surface area (Å²) in [6.45, 7) is 1.23. The van der Waals surface area contributed by atoms with Gasteiger partial charge in [0.2, 0.25) is 0 Å². The van der Waals surface area contributed by atoms with E-state index in [9.17, 15) is 14.4 Å². The normalized spacial score (nSPS) is 10.0. The molecule has 0 atom stereocenters. The van der Waals surface area contributed by atoms with Gasteiger partial charge in [0, 0.05) is 11.3 Å². The summed E-state index contributed by atoms with van der Waals surface area (Å²) in [7, 11) is 1.42. The van der Waals surface area contributed by atoms with Crippen molar-refractivity contribution in [3.05, 3.63) is 53.6 Å². The van der Waals surface area contributed by atoms with Crippen LogP contribution in [0.25, 0.3) is 0 Å². The lowest BCUT2D eigenvalue weighted by Crippen LogP contribution is -2.23. The van der Waals surface area contributed by atoms with E-state index < -0.39 is 25.1 Å². The number of carbonyl (C=O) groups is 3. The number of rotatable bonds is 9. The zero-order valence-corrected chi connectivity index (χ0v) is 15.2. The Balaban J connectivity index is 1.78. The van der Waals surface area contributed by atoms with Gasteiger partial charge >= 0.3 is 5.97 Å². The van der Waals surface area contributed by atoms with Crippen LogP contribution in [-0.2, 0) is 20.7 Å². The summed E-state index contributed by atoms with van der Waals surface area (Å²) >= 11 is 0. The molecule has 0 unspecified atom stereocenters. The number of aryl methyl sites for hydroxylation is 1. The molecule has 0 bridgehead atoms. The third-order valence-corrected chi connectivity index (χ3v) is 3.68. The zero-order chi connectivity index (χ0) is 19.6. The number of esters is 1. The quantitative estimate of drug-likeness (QED) is 0.538. The number of benzene rings is 2. The fraction of sp³-hybridized carbons (Fsp3) is 0.250. The molecule has 0 aliphatic carbocycles. The summed E-state index contributed by atoms with van der Waals surface area (Å²) in [5.41, 5.74) is 2.21. The Kier molecular flexibility index (Phi) is 7.37. The lowest BCUT2D eigenvalue weighted by molar-refractivity contribution is -0.149. The van der Waals surface area contributed by atoms with Crippen molar-refractivity contribution in [3.63, 3.8) is 0 Å². The third kappa shape index (κ3) is 6.14. The first kappa shape index (κ1) is 20.0. The number of nitrogens with one attached hydrogen (secondary N) is 1. The van der Waals surface area contributed by atoms with Crippen molar-refractivity contribution in [3.8, 4) is 11.5 Å². The van der Waals surface area contributed by atoms with Crippen molar-refractivity contribution in [1.29, 1.82) is 0 Å². The summed E-state index contributed by atoms with van der Waals surface area (Å²) in [6.07, 6.45) is 1.59. The number of hydrogen-bond acceptors (Lipinski definition) is 6. The molecule has 0 aliphatic heterocycles. The zero-order valence-electron chi connectivity index (χ0n) is 15.2. The number of carbonyl (C=O) groups excluding carboxylic acids is 3. The van der Waals surface area contributed by atoms with Crippen LogP contribution in [-0.4, -0.2) is 38.5 Å². The number of methoxy groups -OCH3 is 1. The average Bonchev–Trinajstić information content (AvgIpc) is 2.71. The predicted molar refractivity (Wildman–Crippen MR) is 99.3 cm³/mol. The Bertz CT molecular complexity index is 801. The van der Waals surface area contributed by atoms with Crippen LogP contribution in [0.15, 0.2) is 42.5 Å². The van der Waals surface area contributed by atoms with Crippen molar-refractivity contribution in [2.75, 3.05) is 25.6 Å². The molecule has 0 saturated heterocycles. The molecule has 0 aromatic heterocycles. The lowest BCUT2D eigenvalue weighted by atomic mass is 10.1. The fourth-order valence-corrected chi connectivity index (χ4v) is 2.22. The predicted octanol–water partition coefficient (Wildman–Crippen LogP) is 2.63. The SMILES string of the molecule is CCc1ccc(NC(=O)COC(=O)COc2ccc(C=O)cc2OC)cc1. The van der Waals surface area contributed by atoms with E-state index in [0.717, 1.165) is 12.0 Å². The molecule has 0 saturated carbocycles. The monoisotopic (exact) mass is 371 g/mol. The summed E-state index contributed by atoms with van der Waals surface area (Å²) < 4.78 is 15.3. The number of amides is 1. The van der Waals surface area contributed by atoms with Gasteiger partial charge in [-0.3, -0.25) is 9.59 Å². The molecule has 142 valence electrons. The minimum atomic E-state index is -0.701. The fourth-order valence-electron chi connectivity index (χ4n) is 2.22. The van der Waals surface area contributed by atoms with Crippen LogP contribution in [0.4, 0.5) is 5.69 Å². The van der Waals surface area contributed by atoms with Gasteiger partial charge in [-0.25, -0.2) is 4.79 Å². The van der Waals surface area contributed by atoms with E-state index in [2.05, 4.69) is 5.32 Å². The Morgan fingerprint density at radius 3 is 2.41 bits per heavy atom. The highest BCUT2D eigenvalue weighted by Gasteiger charge is 2.11. The molecule has 0 radical (unpaired) electrons. The molecular weight excluding hydrogens is 350 g/mol. The van der Waals surface area contributed by atoms with Crippen molar-refractivity contribution in [1.82, 2.24) is 0 Å². The molecule has 0 aliphatic rings. The van der Waals surface area contributed by atoms with E-state index in [-0.39, 0.29) is 0 Å². The van der Waals surface area contributed by atoms with Gasteiger partial charge < -0.3 is 19.5 Å². The van der Waals surface area contributed by atoms with Crippen LogP contribution < -0.4 is 14.8 Å². The maximum Gasteiger partial charge on any atom is 0.344 e. The van der Waals surface area contributed by atoms with Crippen LogP contribution >= 0.6 is 0 Å². The Morgan fingerprint density at radius 2 is 1.78 bits per heavy atom. The number of hydrogen-bond donors (Lipinski definition) is 1. The van der Waals surface area contributed by atoms with E-state index in [1.807, 2.05) is 19.1 Å². The van der Waals surface area contributed by atoms with Gasteiger partial charge in [0.05, 0.1) is 7.11 Å². The second kappa shape index (κ2) is 9.96. The Labute approximate surface area is 157 Å². The van der Waals surface area contributed by atoms with Gasteiger partial charge in [-0.05, 0) is 42.3 Å². The maximum absolute atomic E-state index is 11.8. The molecule has 0 spiro atoms. The summed E-state index contributed by atoms with van der Waals surface area (Å²) in [6, 6.07) is 12.0. The second-order valence-corrected chi connectivity index (χ2v) is 5.58. The molecule has 0 fully saturated rings. The maximum atomic E-state index is 11.8. The van der Waals surface area contributed by atoms with Gasteiger partial charge in [0.15, 0.2) is 24.7 Å². The van der Waals surface area contributed by atoms with Gasteiger partial charge in [-0.1, -0.05) is 19.1 Å². The average molecular weight is 371 g/mol. The van der Waals surface area contributed by atoms with Crippen molar-refractivity contribution in [2.45, 2.75) is 13.3 Å². The minimum Gasteiger partial charge on any atom is -0.493 e. The first-order valence-electron chi connectivity index (χ1n) is 8.36. The van der Waals surface area contributed by atoms with Crippen LogP contribution in [0.5, 0.6) is 11.5 Å². The molecule has 2 aromatic rings. The lowest BCUT2D eigenvalue weighted by Gasteiger charge is -2.11. The standard InChI is InChI=1S/C20H21NO6/c1-3-14-4-7-16(8-5-14)21-19(23)12-27-20(24)13-26-17-9-6-15(11-22)10-18(17)25-2/h4-11H,3,12-13H2,1-2H3,(H,21,23). The second-order valence-electron chi connectivity index (χ2n) is 5.58. The van der Waals surface area contributed by atoms with Gasteiger partial charge in [-0.2, -0.15) is 0 Å². The largest absolute Gasteiger partial charge is 0.493 e. The molecular formula is C20H21NO6. The minimum absolute atomic E-state index is 0.292. The van der Waals surface area contributed by atoms with E-state index in [1.165, 1.54) is 25.3 Å². The van der Waals surface area contributed by atoms with Gasteiger partial charge in [-0.15, -0.1) is 0 Å². The highest BCUT2D eigenvalue weighted by Crippen LogP contribution is 2.27. The molecule has 2 aromatic carbocycles. The molecule has 7 heteroatoms. The number of anilines is 1. The first-order chi connectivity index (χ1) is 13.0. The van der Waals surface area contributed by atoms with E-state index in [0.29, 0.717) is 29.0 Å². The highest BCUT2D eigenvalue weighted by atomic mass is 16.6. The van der Waals surface area contributed by atoms with Crippen LogP contribution in [0, 0.1) is 0 Å². The number of ether oxygens (including phenoxy) is 3. The Hall–Kier alpha value is -3.35. The van der Waals surface area contributed by atoms with Crippen molar-refractivity contribution < 1.29 is 28.6 Å². The molecule has 1 amide bonds. The molecule has 27 heavy (non-hydrogen) atoms. The topological polar surface area (TPSA) is 90.9 Å². The molecule has 7 nitrogen and oxygen atoms in total.